The molecule has 4 rings (SSSR count). The van der Waals surface area contributed by atoms with Crippen LogP contribution in [0, 0.1) is 0 Å². The number of rotatable bonds is 6. The fraction of sp³-hybridized carbons (Fsp3) is 0.250. The van der Waals surface area contributed by atoms with E-state index in [1.165, 1.54) is 12.3 Å². The number of nitrogens with one attached hydrogen (secondary N) is 1. The number of benzene rings is 1. The second-order valence-corrected chi connectivity index (χ2v) is 6.52. The van der Waals surface area contributed by atoms with Crippen LogP contribution in [0.5, 0.6) is 5.75 Å². The lowest BCUT2D eigenvalue weighted by Gasteiger charge is -2.34. The summed E-state index contributed by atoms with van der Waals surface area (Å²) in [6, 6.07) is 10.5. The number of furan rings is 1. The van der Waals surface area contributed by atoms with Crippen LogP contribution in [0.3, 0.4) is 0 Å². The maximum atomic E-state index is 12.7. The molecule has 0 aliphatic carbocycles. The summed E-state index contributed by atoms with van der Waals surface area (Å²) in [6.07, 6.45) is 2.38. The van der Waals surface area contributed by atoms with Gasteiger partial charge in [-0.05, 0) is 30.3 Å². The van der Waals surface area contributed by atoms with Crippen LogP contribution >= 0.6 is 0 Å². The zero-order valence-electron chi connectivity index (χ0n) is 15.8. The van der Waals surface area contributed by atoms with Gasteiger partial charge in [-0.1, -0.05) is 5.16 Å². The van der Waals surface area contributed by atoms with E-state index in [-0.39, 0.29) is 5.69 Å². The molecule has 0 unspecified atom stereocenters. The van der Waals surface area contributed by atoms with Crippen molar-refractivity contribution in [2.24, 2.45) is 0 Å². The topological polar surface area (TPSA) is 101 Å². The van der Waals surface area contributed by atoms with Gasteiger partial charge in [0.1, 0.15) is 5.75 Å². The number of piperazine rings is 1. The molecule has 0 radical (unpaired) electrons. The van der Waals surface area contributed by atoms with Crippen molar-refractivity contribution < 1.29 is 23.3 Å². The number of carbonyl (C=O) groups excluding carboxylic acids is 2. The summed E-state index contributed by atoms with van der Waals surface area (Å²) in [6.45, 7) is 2.75. The molecule has 150 valence electrons. The Morgan fingerprint density at radius 3 is 2.69 bits per heavy atom. The van der Waals surface area contributed by atoms with E-state index >= 15 is 0 Å². The van der Waals surface area contributed by atoms with E-state index < -0.39 is 5.91 Å². The largest absolute Gasteiger partial charge is 0.495 e. The summed E-state index contributed by atoms with van der Waals surface area (Å²) in [5, 5.41) is 6.64. The Morgan fingerprint density at radius 2 is 2.00 bits per heavy atom. The van der Waals surface area contributed by atoms with Crippen LogP contribution in [0.1, 0.15) is 10.5 Å². The Morgan fingerprint density at radius 1 is 1.17 bits per heavy atom. The zero-order chi connectivity index (χ0) is 20.2. The van der Waals surface area contributed by atoms with Crippen molar-refractivity contribution in [3.8, 4) is 17.3 Å². The van der Waals surface area contributed by atoms with E-state index in [0.717, 1.165) is 12.1 Å². The third-order valence-corrected chi connectivity index (χ3v) is 4.77. The maximum absolute atomic E-state index is 12.7. The molecule has 3 heterocycles. The molecule has 1 saturated heterocycles. The zero-order valence-corrected chi connectivity index (χ0v) is 15.8. The number of carbonyl (C=O) groups is 2. The number of anilines is 2. The third-order valence-electron chi connectivity index (χ3n) is 4.77. The average molecular weight is 396 g/mol. The van der Waals surface area contributed by atoms with Gasteiger partial charge in [0.15, 0.2) is 11.5 Å². The maximum Gasteiger partial charge on any atom is 0.277 e. The summed E-state index contributed by atoms with van der Waals surface area (Å²) in [5.41, 5.74) is 1.59. The Labute approximate surface area is 166 Å². The van der Waals surface area contributed by atoms with Gasteiger partial charge in [-0.2, -0.15) is 0 Å². The minimum absolute atomic E-state index is 0.128. The molecule has 0 saturated carbocycles. The molecule has 2 aromatic heterocycles. The molecule has 0 spiro atoms. The minimum atomic E-state index is -0.423. The first-order valence-electron chi connectivity index (χ1n) is 9.12. The van der Waals surface area contributed by atoms with E-state index in [1.807, 2.05) is 12.1 Å². The molecule has 1 fully saturated rings. The molecule has 1 N–H and O–H groups in total. The van der Waals surface area contributed by atoms with Gasteiger partial charge < -0.3 is 28.8 Å². The van der Waals surface area contributed by atoms with Gasteiger partial charge in [-0.15, -0.1) is 0 Å². The highest BCUT2D eigenvalue weighted by Crippen LogP contribution is 2.31. The molecule has 2 amide bonds. The number of aromatic nitrogens is 1. The quantitative estimate of drug-likeness (QED) is 0.639. The summed E-state index contributed by atoms with van der Waals surface area (Å²) in [7, 11) is 1.54. The van der Waals surface area contributed by atoms with E-state index in [4.69, 9.17) is 13.7 Å². The molecule has 9 heteroatoms. The third kappa shape index (κ3) is 3.93. The number of nitrogens with zero attached hydrogens (tertiary/aromatic N) is 3. The highest BCUT2D eigenvalue weighted by Gasteiger charge is 2.20. The van der Waals surface area contributed by atoms with Crippen LogP contribution in [0.2, 0.25) is 0 Å². The van der Waals surface area contributed by atoms with Gasteiger partial charge in [0.25, 0.3) is 5.91 Å². The molecule has 9 nitrogen and oxygen atoms in total. The number of hydrogen-bond donors (Lipinski definition) is 1. The summed E-state index contributed by atoms with van der Waals surface area (Å²) in [5.74, 6) is 0.968. The molecule has 1 aromatic carbocycles. The second kappa shape index (κ2) is 8.09. The van der Waals surface area contributed by atoms with Gasteiger partial charge in [-0.3, -0.25) is 9.59 Å². The number of hydrogen-bond acceptors (Lipinski definition) is 7. The van der Waals surface area contributed by atoms with Gasteiger partial charge in [0.05, 0.1) is 19.1 Å². The number of ether oxygens (including phenoxy) is 1. The van der Waals surface area contributed by atoms with Crippen LogP contribution in [0.4, 0.5) is 11.4 Å². The Bertz CT molecular complexity index is 990. The first kappa shape index (κ1) is 18.6. The van der Waals surface area contributed by atoms with Crippen LogP contribution in [-0.4, -0.2) is 55.7 Å². The lowest BCUT2D eigenvalue weighted by Crippen LogP contribution is -2.45. The van der Waals surface area contributed by atoms with Crippen molar-refractivity contribution in [1.29, 1.82) is 0 Å². The van der Waals surface area contributed by atoms with Gasteiger partial charge >= 0.3 is 0 Å². The van der Waals surface area contributed by atoms with E-state index in [0.29, 0.717) is 49.1 Å². The predicted octanol–water partition coefficient (Wildman–Crippen LogP) is 2.47. The molecular weight excluding hydrogens is 376 g/mol. The summed E-state index contributed by atoms with van der Waals surface area (Å²) in [4.78, 5) is 27.4. The second-order valence-electron chi connectivity index (χ2n) is 6.52. The van der Waals surface area contributed by atoms with Crippen molar-refractivity contribution in [2.45, 2.75) is 0 Å². The normalized spacial score (nSPS) is 14.0. The van der Waals surface area contributed by atoms with Gasteiger partial charge in [-0.25, -0.2) is 0 Å². The molecule has 29 heavy (non-hydrogen) atoms. The smallest absolute Gasteiger partial charge is 0.277 e. The van der Waals surface area contributed by atoms with E-state index in [9.17, 15) is 9.59 Å². The monoisotopic (exact) mass is 396 g/mol. The number of amides is 2. The highest BCUT2D eigenvalue weighted by molar-refractivity contribution is 6.04. The average Bonchev–Trinajstić information content (AvgIpc) is 3.45. The van der Waals surface area contributed by atoms with Crippen molar-refractivity contribution in [1.82, 2.24) is 10.1 Å². The van der Waals surface area contributed by atoms with Crippen molar-refractivity contribution >= 4 is 23.7 Å². The van der Waals surface area contributed by atoms with Crippen LogP contribution < -0.4 is 15.0 Å². The van der Waals surface area contributed by atoms with Crippen molar-refractivity contribution in [3.05, 3.63) is 48.4 Å². The van der Waals surface area contributed by atoms with E-state index in [1.54, 1.807) is 30.2 Å². The van der Waals surface area contributed by atoms with Gasteiger partial charge in [0.2, 0.25) is 12.2 Å². The summed E-state index contributed by atoms with van der Waals surface area (Å²) < 4.78 is 15.8. The Kier molecular flexibility index (Phi) is 5.19. The minimum Gasteiger partial charge on any atom is -0.495 e. The molecule has 1 aliphatic rings. The van der Waals surface area contributed by atoms with E-state index in [2.05, 4.69) is 15.4 Å². The predicted molar refractivity (Wildman–Crippen MR) is 105 cm³/mol. The fourth-order valence-electron chi connectivity index (χ4n) is 3.18. The fourth-order valence-corrected chi connectivity index (χ4v) is 3.18. The first-order valence-corrected chi connectivity index (χ1v) is 9.12. The van der Waals surface area contributed by atoms with Gasteiger partial charge in [0, 0.05) is 37.9 Å². The SMILES string of the molecule is COc1ccc(N2CCN(C=O)CC2)cc1NC(=O)c1cc(-c2ccco2)on1. The molecule has 0 atom stereocenters. The first-order chi connectivity index (χ1) is 14.2. The Hall–Kier alpha value is -3.75. The lowest BCUT2D eigenvalue weighted by molar-refractivity contribution is -0.118. The number of methoxy groups -OCH3 is 1. The van der Waals surface area contributed by atoms with Crippen LogP contribution in [0.15, 0.2) is 51.6 Å². The van der Waals surface area contributed by atoms with Crippen LogP contribution in [0.25, 0.3) is 11.5 Å². The lowest BCUT2D eigenvalue weighted by atomic mass is 10.2. The molecular formula is C20H20N4O5. The Balaban J connectivity index is 1.51. The molecule has 0 bridgehead atoms. The summed E-state index contributed by atoms with van der Waals surface area (Å²) >= 11 is 0. The standard InChI is InChI=1S/C20H20N4O5/c1-27-17-5-4-14(24-8-6-23(13-25)7-9-24)11-15(17)21-20(26)16-12-19(29-22-16)18-3-2-10-28-18/h2-5,10-13H,6-9H2,1H3,(H,21,26). The van der Waals surface area contributed by atoms with Crippen molar-refractivity contribution in [2.75, 3.05) is 43.5 Å². The van der Waals surface area contributed by atoms with Crippen LogP contribution in [-0.2, 0) is 4.79 Å². The highest BCUT2D eigenvalue weighted by atomic mass is 16.5. The molecule has 1 aliphatic heterocycles. The van der Waals surface area contributed by atoms with Crippen molar-refractivity contribution in [3.63, 3.8) is 0 Å². The molecule has 3 aromatic rings.